The van der Waals surface area contributed by atoms with Crippen molar-refractivity contribution in [1.82, 2.24) is 10.2 Å². The number of aryl methyl sites for hydroxylation is 1. The van der Waals surface area contributed by atoms with Gasteiger partial charge in [-0.1, -0.05) is 0 Å². The van der Waals surface area contributed by atoms with E-state index in [4.69, 9.17) is 4.74 Å². The number of benzene rings is 1. The number of nitrogens with one attached hydrogen (secondary N) is 2. The summed E-state index contributed by atoms with van der Waals surface area (Å²) in [5.74, 6) is 0.797. The highest BCUT2D eigenvalue weighted by atomic mass is 16.5. The van der Waals surface area contributed by atoms with Crippen LogP contribution in [0.3, 0.4) is 0 Å². The lowest BCUT2D eigenvalue weighted by atomic mass is 10.2. The van der Waals surface area contributed by atoms with E-state index in [0.29, 0.717) is 6.04 Å². The van der Waals surface area contributed by atoms with Crippen LogP contribution in [0.2, 0.25) is 0 Å². The van der Waals surface area contributed by atoms with Crippen LogP contribution in [-0.2, 0) is 0 Å². The first-order valence-corrected chi connectivity index (χ1v) is 6.54. The zero-order valence-electron chi connectivity index (χ0n) is 11.7. The van der Waals surface area contributed by atoms with E-state index in [1.54, 1.807) is 7.11 Å². The van der Waals surface area contributed by atoms with Crippen LogP contribution in [0, 0.1) is 6.92 Å². The first-order chi connectivity index (χ1) is 9.10. The second-order valence-corrected chi connectivity index (χ2v) is 4.91. The number of hydrogen-bond donors (Lipinski definition) is 2. The average Bonchev–Trinajstić information content (AvgIpc) is 2.41. The molecule has 1 saturated heterocycles. The van der Waals surface area contributed by atoms with Gasteiger partial charge in [0.25, 0.3) is 0 Å². The Morgan fingerprint density at radius 3 is 2.95 bits per heavy atom. The van der Waals surface area contributed by atoms with Crippen LogP contribution in [-0.4, -0.2) is 43.7 Å². The van der Waals surface area contributed by atoms with Gasteiger partial charge in [0.05, 0.1) is 7.11 Å². The van der Waals surface area contributed by atoms with Gasteiger partial charge in [-0.2, -0.15) is 0 Å². The van der Waals surface area contributed by atoms with Crippen LogP contribution in [0.15, 0.2) is 18.2 Å². The van der Waals surface area contributed by atoms with Crippen LogP contribution in [0.4, 0.5) is 10.5 Å². The maximum atomic E-state index is 12.2. The minimum atomic E-state index is -0.0402. The van der Waals surface area contributed by atoms with Crippen molar-refractivity contribution in [1.29, 1.82) is 0 Å². The number of anilines is 1. The zero-order valence-corrected chi connectivity index (χ0v) is 11.7. The fourth-order valence-corrected chi connectivity index (χ4v) is 2.21. The Hall–Kier alpha value is -1.75. The van der Waals surface area contributed by atoms with Crippen molar-refractivity contribution in [2.75, 3.05) is 32.1 Å². The summed E-state index contributed by atoms with van der Waals surface area (Å²) in [6.07, 6.45) is 0. The van der Waals surface area contributed by atoms with Crippen molar-refractivity contribution in [2.24, 2.45) is 0 Å². The summed E-state index contributed by atoms with van der Waals surface area (Å²) in [6.45, 7) is 6.36. The maximum absolute atomic E-state index is 12.2. The normalized spacial score (nSPS) is 19.1. The van der Waals surface area contributed by atoms with Crippen molar-refractivity contribution in [3.63, 3.8) is 0 Å². The Morgan fingerprint density at radius 2 is 2.32 bits per heavy atom. The summed E-state index contributed by atoms with van der Waals surface area (Å²) < 4.78 is 5.15. The Labute approximate surface area is 113 Å². The fraction of sp³-hybridized carbons (Fsp3) is 0.500. The Kier molecular flexibility index (Phi) is 4.27. The fourth-order valence-electron chi connectivity index (χ4n) is 2.21. The molecule has 1 aliphatic heterocycles. The first kappa shape index (κ1) is 13.7. The van der Waals surface area contributed by atoms with Crippen LogP contribution in [0.5, 0.6) is 5.75 Å². The highest BCUT2D eigenvalue weighted by Crippen LogP contribution is 2.21. The van der Waals surface area contributed by atoms with Gasteiger partial charge in [0, 0.05) is 31.4 Å². The molecule has 2 N–H and O–H groups in total. The number of carbonyl (C=O) groups excluding carboxylic acids is 1. The molecule has 1 fully saturated rings. The van der Waals surface area contributed by atoms with E-state index in [0.717, 1.165) is 36.6 Å². The third kappa shape index (κ3) is 3.38. The first-order valence-electron chi connectivity index (χ1n) is 6.54. The number of hydrogen-bond acceptors (Lipinski definition) is 3. The van der Waals surface area contributed by atoms with Crippen molar-refractivity contribution in [3.8, 4) is 5.75 Å². The number of rotatable bonds is 2. The molecule has 0 aromatic heterocycles. The molecule has 1 atom stereocenters. The maximum Gasteiger partial charge on any atom is 0.321 e. The molecule has 104 valence electrons. The molecule has 19 heavy (non-hydrogen) atoms. The van der Waals surface area contributed by atoms with E-state index in [9.17, 15) is 4.79 Å². The SMILES string of the molecule is COc1ccc(NC(=O)N2CCNC(C)C2)c(C)c1. The lowest BCUT2D eigenvalue weighted by molar-refractivity contribution is 0.192. The standard InChI is InChI=1S/C14H21N3O2/c1-10-8-12(19-3)4-5-13(10)16-14(18)17-7-6-15-11(2)9-17/h4-5,8,11,15H,6-7,9H2,1-3H3,(H,16,18). The van der Waals surface area contributed by atoms with E-state index in [2.05, 4.69) is 17.6 Å². The number of piperazine rings is 1. The quantitative estimate of drug-likeness (QED) is 0.856. The number of nitrogens with zero attached hydrogens (tertiary/aromatic N) is 1. The van der Waals surface area contributed by atoms with Gasteiger partial charge in [0.2, 0.25) is 0 Å². The third-order valence-electron chi connectivity index (χ3n) is 3.33. The molecule has 2 rings (SSSR count). The van der Waals surface area contributed by atoms with Gasteiger partial charge >= 0.3 is 6.03 Å². The molecule has 0 bridgehead atoms. The monoisotopic (exact) mass is 263 g/mol. The predicted octanol–water partition coefficient (Wildman–Crippen LogP) is 1.83. The van der Waals surface area contributed by atoms with Crippen LogP contribution >= 0.6 is 0 Å². The van der Waals surface area contributed by atoms with Gasteiger partial charge in [0.15, 0.2) is 0 Å². The third-order valence-corrected chi connectivity index (χ3v) is 3.33. The largest absolute Gasteiger partial charge is 0.497 e. The minimum Gasteiger partial charge on any atom is -0.497 e. The van der Waals surface area contributed by atoms with Crippen molar-refractivity contribution in [2.45, 2.75) is 19.9 Å². The summed E-state index contributed by atoms with van der Waals surface area (Å²) >= 11 is 0. The highest BCUT2D eigenvalue weighted by molar-refractivity contribution is 5.90. The highest BCUT2D eigenvalue weighted by Gasteiger charge is 2.20. The molecule has 0 aliphatic carbocycles. The number of ether oxygens (including phenoxy) is 1. The van der Waals surface area contributed by atoms with Gasteiger partial charge in [0.1, 0.15) is 5.75 Å². The van der Waals surface area contributed by atoms with Gasteiger partial charge in [-0.25, -0.2) is 4.79 Å². The lowest BCUT2D eigenvalue weighted by Crippen LogP contribution is -2.52. The molecule has 1 aromatic carbocycles. The van der Waals surface area contributed by atoms with Crippen LogP contribution in [0.25, 0.3) is 0 Å². The summed E-state index contributed by atoms with van der Waals surface area (Å²) in [5, 5.41) is 6.27. The molecule has 5 nitrogen and oxygen atoms in total. The summed E-state index contributed by atoms with van der Waals surface area (Å²) in [5.41, 5.74) is 1.83. The molecule has 0 spiro atoms. The van der Waals surface area contributed by atoms with Crippen LogP contribution < -0.4 is 15.4 Å². The topological polar surface area (TPSA) is 53.6 Å². The second kappa shape index (κ2) is 5.93. The summed E-state index contributed by atoms with van der Waals surface area (Å²) in [4.78, 5) is 14.0. The molecule has 0 radical (unpaired) electrons. The molecule has 0 saturated carbocycles. The molecule has 5 heteroatoms. The van der Waals surface area contributed by atoms with Crippen molar-refractivity contribution in [3.05, 3.63) is 23.8 Å². The van der Waals surface area contributed by atoms with Gasteiger partial charge in [-0.05, 0) is 37.6 Å². The average molecular weight is 263 g/mol. The minimum absolute atomic E-state index is 0.0402. The predicted molar refractivity (Wildman–Crippen MR) is 75.8 cm³/mol. The Bertz CT molecular complexity index is 462. The smallest absolute Gasteiger partial charge is 0.321 e. The molecule has 1 unspecified atom stereocenters. The molecule has 1 aliphatic rings. The molecule has 1 heterocycles. The van der Waals surface area contributed by atoms with Crippen molar-refractivity contribution < 1.29 is 9.53 Å². The lowest BCUT2D eigenvalue weighted by Gasteiger charge is -2.32. The van der Waals surface area contributed by atoms with E-state index >= 15 is 0 Å². The Morgan fingerprint density at radius 1 is 1.53 bits per heavy atom. The van der Waals surface area contributed by atoms with E-state index < -0.39 is 0 Å². The van der Waals surface area contributed by atoms with Gasteiger partial charge in [-0.15, -0.1) is 0 Å². The van der Waals surface area contributed by atoms with E-state index in [1.165, 1.54) is 0 Å². The molecular weight excluding hydrogens is 242 g/mol. The Balaban J connectivity index is 2.02. The van der Waals surface area contributed by atoms with Gasteiger partial charge < -0.3 is 20.3 Å². The van der Waals surface area contributed by atoms with E-state index in [1.807, 2.05) is 30.0 Å². The number of carbonyl (C=O) groups is 1. The molecule has 2 amide bonds. The number of amides is 2. The van der Waals surface area contributed by atoms with Crippen LogP contribution in [0.1, 0.15) is 12.5 Å². The molecule has 1 aromatic rings. The summed E-state index contributed by atoms with van der Waals surface area (Å²) in [6, 6.07) is 5.94. The van der Waals surface area contributed by atoms with E-state index in [-0.39, 0.29) is 6.03 Å². The van der Waals surface area contributed by atoms with Gasteiger partial charge in [-0.3, -0.25) is 0 Å². The zero-order chi connectivity index (χ0) is 13.8. The second-order valence-electron chi connectivity index (χ2n) is 4.91. The molecular formula is C14H21N3O2. The number of methoxy groups -OCH3 is 1. The summed E-state index contributed by atoms with van der Waals surface area (Å²) in [7, 11) is 1.63. The number of urea groups is 1. The van der Waals surface area contributed by atoms with Crippen molar-refractivity contribution >= 4 is 11.7 Å².